The Morgan fingerprint density at radius 1 is 1.05 bits per heavy atom. The molecule has 4 nitrogen and oxygen atoms in total. The molecule has 0 atom stereocenters. The van der Waals surface area contributed by atoms with Crippen LogP contribution in [-0.4, -0.2) is 10.1 Å². The van der Waals surface area contributed by atoms with E-state index in [4.69, 9.17) is 10.3 Å². The van der Waals surface area contributed by atoms with E-state index in [0.29, 0.717) is 16.7 Å². The first-order valence-electron chi connectivity index (χ1n) is 6.20. The lowest BCUT2D eigenvalue weighted by atomic mass is 10.00. The maximum atomic E-state index is 14.3. The molecule has 1 aromatic carbocycles. The second-order valence-corrected chi connectivity index (χ2v) is 4.56. The number of pyridine rings is 1. The summed E-state index contributed by atoms with van der Waals surface area (Å²) in [6.45, 7) is 1.55. The van der Waals surface area contributed by atoms with Crippen LogP contribution < -0.4 is 5.73 Å². The zero-order chi connectivity index (χ0) is 15.0. The molecule has 0 saturated carbocycles. The molecule has 0 aliphatic heterocycles. The summed E-state index contributed by atoms with van der Waals surface area (Å²) in [4.78, 5) is 3.90. The van der Waals surface area contributed by atoms with Gasteiger partial charge in [0.05, 0.1) is 11.1 Å². The van der Waals surface area contributed by atoms with Crippen LogP contribution in [0.4, 0.5) is 14.6 Å². The molecule has 0 saturated heterocycles. The lowest BCUT2D eigenvalue weighted by molar-refractivity contribution is 0.430. The first kappa shape index (κ1) is 13.2. The Morgan fingerprint density at radius 2 is 1.76 bits per heavy atom. The van der Waals surface area contributed by atoms with Gasteiger partial charge in [-0.25, -0.2) is 8.78 Å². The molecule has 2 heterocycles. The summed E-state index contributed by atoms with van der Waals surface area (Å²) in [6.07, 6.45) is 3.10. The van der Waals surface area contributed by atoms with E-state index < -0.39 is 11.6 Å². The standard InChI is InChI=1S/C15H11F2N3O/c1-8-2-3-10(16)12(13(8)17)14-11(15(18)20-21-14)9-4-6-19-7-5-9/h2-7H,1H3,(H2,18,20). The van der Waals surface area contributed by atoms with Crippen molar-refractivity contribution in [3.05, 3.63) is 53.9 Å². The Bertz CT molecular complexity index is 800. The van der Waals surface area contributed by atoms with Crippen LogP contribution in [-0.2, 0) is 0 Å². The molecule has 0 unspecified atom stereocenters. The number of nitrogen functional groups attached to an aromatic ring is 1. The predicted octanol–water partition coefficient (Wildman–Crippen LogP) is 3.57. The number of aryl methyl sites for hydroxylation is 1. The maximum absolute atomic E-state index is 14.3. The highest BCUT2D eigenvalue weighted by molar-refractivity contribution is 5.86. The van der Waals surface area contributed by atoms with E-state index in [-0.39, 0.29) is 17.1 Å². The lowest BCUT2D eigenvalue weighted by Crippen LogP contribution is -1.95. The van der Waals surface area contributed by atoms with Crippen LogP contribution in [0.1, 0.15) is 5.56 Å². The Kier molecular flexibility index (Phi) is 3.13. The maximum Gasteiger partial charge on any atom is 0.182 e. The van der Waals surface area contributed by atoms with Crippen LogP contribution in [0.2, 0.25) is 0 Å². The van der Waals surface area contributed by atoms with Gasteiger partial charge >= 0.3 is 0 Å². The van der Waals surface area contributed by atoms with E-state index in [1.165, 1.54) is 12.1 Å². The van der Waals surface area contributed by atoms with Gasteiger partial charge in [0.1, 0.15) is 11.6 Å². The number of aromatic nitrogens is 2. The average Bonchev–Trinajstić information content (AvgIpc) is 2.86. The summed E-state index contributed by atoms with van der Waals surface area (Å²) in [5.41, 5.74) is 6.79. The quantitative estimate of drug-likeness (QED) is 0.782. The molecule has 106 valence electrons. The highest BCUT2D eigenvalue weighted by atomic mass is 19.1. The van der Waals surface area contributed by atoms with Gasteiger partial charge in [-0.05, 0) is 36.2 Å². The van der Waals surface area contributed by atoms with Crippen molar-refractivity contribution in [2.45, 2.75) is 6.92 Å². The Hall–Kier alpha value is -2.76. The van der Waals surface area contributed by atoms with Crippen LogP contribution in [0.25, 0.3) is 22.5 Å². The van der Waals surface area contributed by atoms with Gasteiger partial charge < -0.3 is 10.3 Å². The number of rotatable bonds is 2. The number of nitrogens with zero attached hydrogens (tertiary/aromatic N) is 2. The molecule has 3 rings (SSSR count). The molecule has 6 heteroatoms. The minimum Gasteiger partial charge on any atom is -0.380 e. The molecule has 0 aliphatic rings. The number of benzene rings is 1. The molecule has 0 radical (unpaired) electrons. The molecule has 0 spiro atoms. The number of hydrogen-bond donors (Lipinski definition) is 1. The third-order valence-electron chi connectivity index (χ3n) is 3.20. The van der Waals surface area contributed by atoms with Crippen molar-refractivity contribution in [2.75, 3.05) is 5.73 Å². The fourth-order valence-corrected chi connectivity index (χ4v) is 2.14. The normalized spacial score (nSPS) is 10.8. The predicted molar refractivity (Wildman–Crippen MR) is 74.2 cm³/mol. The van der Waals surface area contributed by atoms with Gasteiger partial charge in [0.15, 0.2) is 11.6 Å². The summed E-state index contributed by atoms with van der Waals surface area (Å²) >= 11 is 0. The number of halogens is 2. The van der Waals surface area contributed by atoms with Crippen molar-refractivity contribution in [2.24, 2.45) is 0 Å². The van der Waals surface area contributed by atoms with Gasteiger partial charge in [-0.3, -0.25) is 4.98 Å². The van der Waals surface area contributed by atoms with Gasteiger partial charge in [-0.15, -0.1) is 0 Å². The van der Waals surface area contributed by atoms with Crippen LogP contribution in [0.15, 0.2) is 41.2 Å². The summed E-state index contributed by atoms with van der Waals surface area (Å²) in [5.74, 6) is -1.39. The highest BCUT2D eigenvalue weighted by Gasteiger charge is 2.24. The molecule has 3 aromatic rings. The van der Waals surface area contributed by atoms with Crippen LogP contribution in [0.5, 0.6) is 0 Å². The molecule has 0 fully saturated rings. The Labute approximate surface area is 119 Å². The van der Waals surface area contributed by atoms with Crippen molar-refractivity contribution in [1.82, 2.24) is 10.1 Å². The molecule has 2 N–H and O–H groups in total. The molecule has 2 aromatic heterocycles. The van der Waals surface area contributed by atoms with Crippen LogP contribution in [0, 0.1) is 18.6 Å². The van der Waals surface area contributed by atoms with Crippen molar-refractivity contribution in [3.8, 4) is 22.5 Å². The van der Waals surface area contributed by atoms with E-state index in [9.17, 15) is 8.78 Å². The van der Waals surface area contributed by atoms with E-state index in [1.54, 1.807) is 31.5 Å². The van der Waals surface area contributed by atoms with Crippen molar-refractivity contribution in [1.29, 1.82) is 0 Å². The monoisotopic (exact) mass is 287 g/mol. The molecule has 21 heavy (non-hydrogen) atoms. The van der Waals surface area contributed by atoms with Crippen molar-refractivity contribution in [3.63, 3.8) is 0 Å². The number of nitrogens with two attached hydrogens (primary N) is 1. The average molecular weight is 287 g/mol. The minimum absolute atomic E-state index is 0.0302. The molecule has 0 amide bonds. The molecular formula is C15H11F2N3O. The topological polar surface area (TPSA) is 64.9 Å². The van der Waals surface area contributed by atoms with Gasteiger partial charge in [0, 0.05) is 12.4 Å². The van der Waals surface area contributed by atoms with Crippen LogP contribution in [0.3, 0.4) is 0 Å². The third-order valence-corrected chi connectivity index (χ3v) is 3.20. The fraction of sp³-hybridized carbons (Fsp3) is 0.0667. The lowest BCUT2D eigenvalue weighted by Gasteiger charge is -2.06. The van der Waals surface area contributed by atoms with E-state index >= 15 is 0 Å². The molecular weight excluding hydrogens is 276 g/mol. The first-order chi connectivity index (χ1) is 10.1. The largest absolute Gasteiger partial charge is 0.380 e. The second kappa shape index (κ2) is 4.97. The van der Waals surface area contributed by atoms with Gasteiger partial charge in [-0.2, -0.15) is 0 Å². The molecule has 0 aliphatic carbocycles. The summed E-state index contributed by atoms with van der Waals surface area (Å²) in [6, 6.07) is 5.87. The van der Waals surface area contributed by atoms with Gasteiger partial charge in [0.25, 0.3) is 0 Å². The van der Waals surface area contributed by atoms with E-state index in [2.05, 4.69) is 10.1 Å². The van der Waals surface area contributed by atoms with Gasteiger partial charge in [0.2, 0.25) is 0 Å². The minimum atomic E-state index is -0.732. The SMILES string of the molecule is Cc1ccc(F)c(-c2onc(N)c2-c2ccncc2)c1F. The summed E-state index contributed by atoms with van der Waals surface area (Å²) in [7, 11) is 0. The second-order valence-electron chi connectivity index (χ2n) is 4.56. The number of anilines is 1. The Morgan fingerprint density at radius 3 is 2.48 bits per heavy atom. The molecule has 0 bridgehead atoms. The van der Waals surface area contributed by atoms with Crippen LogP contribution >= 0.6 is 0 Å². The zero-order valence-corrected chi connectivity index (χ0v) is 11.1. The highest BCUT2D eigenvalue weighted by Crippen LogP contribution is 2.39. The zero-order valence-electron chi connectivity index (χ0n) is 11.1. The van der Waals surface area contributed by atoms with E-state index in [0.717, 1.165) is 0 Å². The van der Waals surface area contributed by atoms with Crippen molar-refractivity contribution < 1.29 is 13.3 Å². The van der Waals surface area contributed by atoms with E-state index in [1.807, 2.05) is 0 Å². The Balaban J connectivity index is 2.30. The number of hydrogen-bond acceptors (Lipinski definition) is 4. The third kappa shape index (κ3) is 2.14. The summed E-state index contributed by atoms with van der Waals surface area (Å²) < 4.78 is 33.4. The smallest absolute Gasteiger partial charge is 0.182 e. The summed E-state index contributed by atoms with van der Waals surface area (Å²) in [5, 5.41) is 3.63. The first-order valence-corrected chi connectivity index (χ1v) is 6.20. The van der Waals surface area contributed by atoms with Gasteiger partial charge in [-0.1, -0.05) is 11.2 Å². The fourth-order valence-electron chi connectivity index (χ4n) is 2.14. The van der Waals surface area contributed by atoms with Crippen molar-refractivity contribution >= 4 is 5.82 Å².